The molecule has 0 spiro atoms. The van der Waals surface area contributed by atoms with Gasteiger partial charge in [-0.2, -0.15) is 0 Å². The molecule has 0 aliphatic carbocycles. The van der Waals surface area contributed by atoms with Gasteiger partial charge < -0.3 is 10.7 Å². The Kier molecular flexibility index (Phi) is 4.74. The van der Waals surface area contributed by atoms with Crippen LogP contribution in [0.15, 0.2) is 11.6 Å². The summed E-state index contributed by atoms with van der Waals surface area (Å²) in [7, 11) is 0. The Morgan fingerprint density at radius 2 is 1.95 bits per heavy atom. The Hall–Kier alpha value is -1.73. The first-order valence-corrected chi connectivity index (χ1v) is 7.77. The van der Waals surface area contributed by atoms with E-state index in [4.69, 9.17) is 5.84 Å². The molecular formula is C14H22N6S. The Labute approximate surface area is 129 Å². The minimum absolute atomic E-state index is 0.134. The van der Waals surface area contributed by atoms with Crippen LogP contribution in [0, 0.1) is 6.92 Å². The van der Waals surface area contributed by atoms with Crippen LogP contribution in [-0.4, -0.2) is 21.5 Å². The molecule has 7 heteroatoms. The SMILES string of the molecule is Cc1c(NN)nc(C(C)(C)C)nc1NCCc1nccs1. The van der Waals surface area contributed by atoms with Gasteiger partial charge in [0.05, 0.1) is 5.01 Å². The van der Waals surface area contributed by atoms with Gasteiger partial charge in [-0.3, -0.25) is 0 Å². The lowest BCUT2D eigenvalue weighted by Gasteiger charge is -2.20. The maximum absolute atomic E-state index is 5.56. The van der Waals surface area contributed by atoms with Crippen molar-refractivity contribution in [2.75, 3.05) is 17.3 Å². The van der Waals surface area contributed by atoms with Gasteiger partial charge in [-0.15, -0.1) is 11.3 Å². The summed E-state index contributed by atoms with van der Waals surface area (Å²) in [5, 5.41) is 6.46. The maximum Gasteiger partial charge on any atom is 0.148 e. The number of nitrogens with two attached hydrogens (primary N) is 1. The molecule has 0 amide bonds. The van der Waals surface area contributed by atoms with Crippen LogP contribution in [0.3, 0.4) is 0 Å². The molecule has 0 saturated carbocycles. The van der Waals surface area contributed by atoms with Crippen LogP contribution in [0.1, 0.15) is 37.2 Å². The number of rotatable bonds is 5. The van der Waals surface area contributed by atoms with E-state index in [2.05, 4.69) is 46.5 Å². The molecule has 0 saturated heterocycles. The van der Waals surface area contributed by atoms with Crippen molar-refractivity contribution in [2.24, 2.45) is 5.84 Å². The quantitative estimate of drug-likeness (QED) is 0.581. The topological polar surface area (TPSA) is 88.8 Å². The molecule has 0 unspecified atom stereocenters. The van der Waals surface area contributed by atoms with Crippen molar-refractivity contribution in [3.05, 3.63) is 28.0 Å². The third kappa shape index (κ3) is 3.89. The second-order valence-electron chi connectivity index (χ2n) is 5.87. The zero-order valence-corrected chi connectivity index (χ0v) is 13.7. The van der Waals surface area contributed by atoms with Gasteiger partial charge in [-0.25, -0.2) is 20.8 Å². The van der Waals surface area contributed by atoms with Crippen molar-refractivity contribution in [1.29, 1.82) is 0 Å². The molecule has 0 atom stereocenters. The second-order valence-corrected chi connectivity index (χ2v) is 6.85. The van der Waals surface area contributed by atoms with E-state index in [0.29, 0.717) is 5.82 Å². The van der Waals surface area contributed by atoms with Gasteiger partial charge in [0, 0.05) is 35.5 Å². The molecule has 0 fully saturated rings. The summed E-state index contributed by atoms with van der Waals surface area (Å²) in [4.78, 5) is 13.4. The largest absolute Gasteiger partial charge is 0.369 e. The van der Waals surface area contributed by atoms with Gasteiger partial charge in [0.15, 0.2) is 0 Å². The zero-order chi connectivity index (χ0) is 15.5. The normalized spacial score (nSPS) is 11.5. The predicted octanol–water partition coefficient (Wildman–Crippen LogP) is 2.48. The Balaban J connectivity index is 2.17. The van der Waals surface area contributed by atoms with Crippen molar-refractivity contribution in [3.63, 3.8) is 0 Å². The zero-order valence-electron chi connectivity index (χ0n) is 12.9. The van der Waals surface area contributed by atoms with E-state index in [0.717, 1.165) is 35.2 Å². The van der Waals surface area contributed by atoms with Gasteiger partial charge in [0.25, 0.3) is 0 Å². The molecule has 0 bridgehead atoms. The predicted molar refractivity (Wildman–Crippen MR) is 87.6 cm³/mol. The van der Waals surface area contributed by atoms with Crippen molar-refractivity contribution in [1.82, 2.24) is 15.0 Å². The molecule has 6 nitrogen and oxygen atoms in total. The molecule has 2 aromatic heterocycles. The summed E-state index contributed by atoms with van der Waals surface area (Å²) in [6, 6.07) is 0. The van der Waals surface area contributed by atoms with Crippen LogP contribution >= 0.6 is 11.3 Å². The van der Waals surface area contributed by atoms with E-state index in [1.165, 1.54) is 0 Å². The average molecular weight is 306 g/mol. The second kappa shape index (κ2) is 6.36. The van der Waals surface area contributed by atoms with Crippen LogP contribution in [0.5, 0.6) is 0 Å². The van der Waals surface area contributed by atoms with Crippen molar-refractivity contribution >= 4 is 23.0 Å². The van der Waals surface area contributed by atoms with Crippen molar-refractivity contribution in [2.45, 2.75) is 39.5 Å². The third-order valence-corrected chi connectivity index (χ3v) is 3.91. The number of hydrogen-bond donors (Lipinski definition) is 3. The Morgan fingerprint density at radius 3 is 2.52 bits per heavy atom. The number of nitrogens with one attached hydrogen (secondary N) is 2. The fraction of sp³-hybridized carbons (Fsp3) is 0.500. The first-order chi connectivity index (χ1) is 9.91. The molecule has 2 aromatic rings. The molecule has 21 heavy (non-hydrogen) atoms. The fourth-order valence-electron chi connectivity index (χ4n) is 1.83. The van der Waals surface area contributed by atoms with Crippen LogP contribution in [0.2, 0.25) is 0 Å². The van der Waals surface area contributed by atoms with Crippen molar-refractivity contribution in [3.8, 4) is 0 Å². The highest BCUT2D eigenvalue weighted by molar-refractivity contribution is 7.09. The smallest absolute Gasteiger partial charge is 0.148 e. The van der Waals surface area contributed by atoms with Gasteiger partial charge in [0.1, 0.15) is 17.5 Å². The number of hydrazine groups is 1. The van der Waals surface area contributed by atoms with Crippen LogP contribution in [0.4, 0.5) is 11.6 Å². The minimum atomic E-state index is -0.134. The number of anilines is 2. The van der Waals surface area contributed by atoms with E-state index in [9.17, 15) is 0 Å². The highest BCUT2D eigenvalue weighted by Gasteiger charge is 2.20. The molecule has 2 heterocycles. The lowest BCUT2D eigenvalue weighted by molar-refractivity contribution is 0.546. The Morgan fingerprint density at radius 1 is 1.24 bits per heavy atom. The number of aromatic nitrogens is 3. The third-order valence-electron chi connectivity index (χ3n) is 3.07. The molecule has 0 aliphatic heterocycles. The minimum Gasteiger partial charge on any atom is -0.369 e. The number of thiazole rings is 1. The van der Waals surface area contributed by atoms with Crippen LogP contribution in [-0.2, 0) is 11.8 Å². The summed E-state index contributed by atoms with van der Waals surface area (Å²) in [5.41, 5.74) is 3.44. The molecule has 2 rings (SSSR count). The Bertz CT molecular complexity index is 588. The van der Waals surface area contributed by atoms with E-state index < -0.39 is 0 Å². The number of nitrogens with zero attached hydrogens (tertiary/aromatic N) is 3. The fourth-order valence-corrected chi connectivity index (χ4v) is 2.45. The number of hydrogen-bond acceptors (Lipinski definition) is 7. The van der Waals surface area contributed by atoms with E-state index in [1.54, 1.807) is 11.3 Å². The van der Waals surface area contributed by atoms with Gasteiger partial charge >= 0.3 is 0 Å². The van der Waals surface area contributed by atoms with Crippen LogP contribution in [0.25, 0.3) is 0 Å². The van der Waals surface area contributed by atoms with Crippen LogP contribution < -0.4 is 16.6 Å². The number of nitrogen functional groups attached to an aromatic ring is 1. The summed E-state index contributed by atoms with van der Waals surface area (Å²) in [6.07, 6.45) is 2.70. The monoisotopic (exact) mass is 306 g/mol. The van der Waals surface area contributed by atoms with Gasteiger partial charge in [-0.05, 0) is 6.92 Å². The molecule has 0 aromatic carbocycles. The van der Waals surface area contributed by atoms with E-state index >= 15 is 0 Å². The maximum atomic E-state index is 5.56. The molecule has 0 aliphatic rings. The first-order valence-electron chi connectivity index (χ1n) is 6.90. The standard InChI is InChI=1S/C14H22N6S/c1-9-11(17-6-5-10-16-7-8-21-10)18-13(14(2,3)4)19-12(9)20-15/h7-8H,5-6,15H2,1-4H3,(H2,17,18,19,20). The van der Waals surface area contributed by atoms with E-state index in [1.807, 2.05) is 18.5 Å². The molecule has 4 N–H and O–H groups in total. The first kappa shape index (κ1) is 15.7. The highest BCUT2D eigenvalue weighted by Crippen LogP contribution is 2.25. The lowest BCUT2D eigenvalue weighted by Crippen LogP contribution is -2.21. The summed E-state index contributed by atoms with van der Waals surface area (Å²) in [5.74, 6) is 7.80. The molecule has 0 radical (unpaired) electrons. The molecular weight excluding hydrogens is 284 g/mol. The van der Waals surface area contributed by atoms with Gasteiger partial charge in [-0.1, -0.05) is 20.8 Å². The average Bonchev–Trinajstić information content (AvgIpc) is 2.92. The summed E-state index contributed by atoms with van der Waals surface area (Å²) >= 11 is 1.66. The molecule has 114 valence electrons. The van der Waals surface area contributed by atoms with E-state index in [-0.39, 0.29) is 5.41 Å². The highest BCUT2D eigenvalue weighted by atomic mass is 32.1. The lowest BCUT2D eigenvalue weighted by atomic mass is 9.95. The summed E-state index contributed by atoms with van der Waals surface area (Å²) < 4.78 is 0. The summed E-state index contributed by atoms with van der Waals surface area (Å²) in [6.45, 7) is 8.97. The van der Waals surface area contributed by atoms with Crippen molar-refractivity contribution < 1.29 is 0 Å². The van der Waals surface area contributed by atoms with Gasteiger partial charge in [0.2, 0.25) is 0 Å².